The Hall–Kier alpha value is -1.35. The molecule has 0 fully saturated rings. The highest BCUT2D eigenvalue weighted by atomic mass is 16.5. The summed E-state index contributed by atoms with van der Waals surface area (Å²) in [5.41, 5.74) is 3.53. The summed E-state index contributed by atoms with van der Waals surface area (Å²) in [7, 11) is 1.78. The lowest BCUT2D eigenvalue weighted by molar-refractivity contribution is 0.0648. The molecule has 2 rings (SSSR count). The molecule has 3 heteroatoms. The summed E-state index contributed by atoms with van der Waals surface area (Å²) in [6, 6.07) is 6.17. The fourth-order valence-corrected chi connectivity index (χ4v) is 2.48. The third kappa shape index (κ3) is 2.15. The van der Waals surface area contributed by atoms with Crippen LogP contribution in [0, 0.1) is 5.92 Å². The molecule has 0 aliphatic rings. The Kier molecular flexibility index (Phi) is 3.71. The van der Waals surface area contributed by atoms with Crippen molar-refractivity contribution in [3.8, 4) is 0 Å². The lowest BCUT2D eigenvalue weighted by Crippen LogP contribution is -2.11. The van der Waals surface area contributed by atoms with Crippen LogP contribution in [-0.2, 0) is 4.74 Å². The van der Waals surface area contributed by atoms with Crippen LogP contribution in [0.1, 0.15) is 51.0 Å². The third-order valence-corrected chi connectivity index (χ3v) is 3.30. The average Bonchev–Trinajstić information content (AvgIpc) is 2.70. The molecule has 0 bridgehead atoms. The van der Waals surface area contributed by atoms with Crippen LogP contribution in [0.4, 0.5) is 0 Å². The molecule has 3 nitrogen and oxygen atoms in total. The Morgan fingerprint density at radius 1 is 1.17 bits per heavy atom. The largest absolute Gasteiger partial charge is 0.376 e. The first-order chi connectivity index (χ1) is 8.56. The second-order valence-electron chi connectivity index (χ2n) is 5.38. The zero-order valence-electron chi connectivity index (χ0n) is 11.8. The molecule has 0 radical (unpaired) electrons. The van der Waals surface area contributed by atoms with Crippen molar-refractivity contribution in [3.63, 3.8) is 0 Å². The van der Waals surface area contributed by atoms with Gasteiger partial charge >= 0.3 is 0 Å². The molecule has 0 N–H and O–H groups in total. The molecular formula is C15H22N2O. The first-order valence-corrected chi connectivity index (χ1v) is 6.56. The maximum Gasteiger partial charge on any atom is 0.0883 e. The van der Waals surface area contributed by atoms with Gasteiger partial charge in [-0.2, -0.15) is 5.10 Å². The molecule has 98 valence electrons. The number of methoxy groups -OCH3 is 1. The van der Waals surface area contributed by atoms with Crippen LogP contribution < -0.4 is 0 Å². The van der Waals surface area contributed by atoms with E-state index in [4.69, 9.17) is 9.84 Å². The van der Waals surface area contributed by atoms with Crippen molar-refractivity contribution in [1.29, 1.82) is 0 Å². The fraction of sp³-hybridized carbons (Fsp3) is 0.533. The normalized spacial score (nSPS) is 13.7. The summed E-state index contributed by atoms with van der Waals surface area (Å²) < 4.78 is 7.66. The van der Waals surface area contributed by atoms with Crippen LogP contribution in [-0.4, -0.2) is 16.7 Å². The predicted octanol–water partition coefficient (Wildman–Crippen LogP) is 3.80. The maximum absolute atomic E-state index is 5.70. The number of hydrogen-bond donors (Lipinski definition) is 0. The molecule has 0 aliphatic heterocycles. The number of nitrogens with zero attached hydrogens (tertiary/aromatic N) is 2. The van der Waals surface area contributed by atoms with E-state index >= 15 is 0 Å². The van der Waals surface area contributed by atoms with E-state index in [0.29, 0.717) is 11.8 Å². The van der Waals surface area contributed by atoms with Crippen molar-refractivity contribution in [2.75, 3.05) is 7.11 Å². The van der Waals surface area contributed by atoms with E-state index in [-0.39, 0.29) is 6.10 Å². The van der Waals surface area contributed by atoms with Crippen LogP contribution in [0.25, 0.3) is 5.52 Å². The van der Waals surface area contributed by atoms with Gasteiger partial charge in [-0.25, -0.2) is 4.52 Å². The van der Waals surface area contributed by atoms with Gasteiger partial charge in [-0.3, -0.25) is 0 Å². The molecule has 2 aromatic rings. The van der Waals surface area contributed by atoms with Gasteiger partial charge in [-0.15, -0.1) is 0 Å². The molecule has 0 aromatic carbocycles. The van der Waals surface area contributed by atoms with Gasteiger partial charge in [-0.1, -0.05) is 33.8 Å². The van der Waals surface area contributed by atoms with Gasteiger partial charge in [0, 0.05) is 18.9 Å². The number of aromatic nitrogens is 2. The standard InChI is InChI=1S/C15H22N2O/c1-10(2)14-13(15(18-5)11(3)4)12-8-6-7-9-17(12)16-14/h6-11,15H,1-5H3. The minimum Gasteiger partial charge on any atom is -0.376 e. The summed E-state index contributed by atoms with van der Waals surface area (Å²) in [4.78, 5) is 0. The first kappa shape index (κ1) is 13.1. The molecule has 0 saturated heterocycles. The Balaban J connectivity index is 2.68. The van der Waals surface area contributed by atoms with E-state index in [9.17, 15) is 0 Å². The predicted molar refractivity (Wildman–Crippen MR) is 73.9 cm³/mol. The van der Waals surface area contributed by atoms with Gasteiger partial charge in [0.15, 0.2) is 0 Å². The molecule has 0 saturated carbocycles. The minimum absolute atomic E-state index is 0.0994. The Morgan fingerprint density at radius 3 is 2.44 bits per heavy atom. The zero-order valence-corrected chi connectivity index (χ0v) is 11.8. The molecule has 1 unspecified atom stereocenters. The molecule has 18 heavy (non-hydrogen) atoms. The molecule has 0 amide bonds. The third-order valence-electron chi connectivity index (χ3n) is 3.30. The van der Waals surface area contributed by atoms with E-state index in [1.165, 1.54) is 5.56 Å². The number of hydrogen-bond acceptors (Lipinski definition) is 2. The molecule has 0 spiro atoms. The highest BCUT2D eigenvalue weighted by Gasteiger charge is 2.25. The minimum atomic E-state index is 0.0994. The SMILES string of the molecule is COC(c1c(C(C)C)nn2ccccc12)C(C)C. The van der Waals surface area contributed by atoms with Gasteiger partial charge < -0.3 is 4.74 Å². The topological polar surface area (TPSA) is 26.5 Å². The monoisotopic (exact) mass is 246 g/mol. The van der Waals surface area contributed by atoms with Crippen molar-refractivity contribution in [2.45, 2.75) is 39.7 Å². The second-order valence-corrected chi connectivity index (χ2v) is 5.38. The van der Waals surface area contributed by atoms with Crippen molar-refractivity contribution in [3.05, 3.63) is 35.7 Å². The Morgan fingerprint density at radius 2 is 1.89 bits per heavy atom. The maximum atomic E-state index is 5.70. The summed E-state index contributed by atoms with van der Waals surface area (Å²) in [5, 5.41) is 4.70. The molecule has 0 aliphatic carbocycles. The van der Waals surface area contributed by atoms with Crippen molar-refractivity contribution in [1.82, 2.24) is 9.61 Å². The van der Waals surface area contributed by atoms with Crippen molar-refractivity contribution >= 4 is 5.52 Å². The van der Waals surface area contributed by atoms with Gasteiger partial charge in [0.1, 0.15) is 0 Å². The Labute approximate surface area is 109 Å². The number of pyridine rings is 1. The zero-order chi connectivity index (χ0) is 13.3. The highest BCUT2D eigenvalue weighted by molar-refractivity contribution is 5.58. The van der Waals surface area contributed by atoms with E-state index in [2.05, 4.69) is 39.8 Å². The molecule has 2 aromatic heterocycles. The van der Waals surface area contributed by atoms with E-state index < -0.39 is 0 Å². The lowest BCUT2D eigenvalue weighted by atomic mass is 9.94. The van der Waals surface area contributed by atoms with Gasteiger partial charge in [0.05, 0.1) is 17.3 Å². The van der Waals surface area contributed by atoms with Gasteiger partial charge in [0.2, 0.25) is 0 Å². The van der Waals surface area contributed by atoms with Crippen molar-refractivity contribution < 1.29 is 4.74 Å². The van der Waals surface area contributed by atoms with Crippen LogP contribution in [0.3, 0.4) is 0 Å². The second kappa shape index (κ2) is 5.11. The first-order valence-electron chi connectivity index (χ1n) is 6.56. The summed E-state index contributed by atoms with van der Waals surface area (Å²) in [6.07, 6.45) is 2.10. The summed E-state index contributed by atoms with van der Waals surface area (Å²) >= 11 is 0. The van der Waals surface area contributed by atoms with Gasteiger partial charge in [-0.05, 0) is 24.0 Å². The number of rotatable bonds is 4. The molecular weight excluding hydrogens is 224 g/mol. The highest BCUT2D eigenvalue weighted by Crippen LogP contribution is 2.34. The van der Waals surface area contributed by atoms with Crippen molar-refractivity contribution in [2.24, 2.45) is 5.92 Å². The molecule has 1 atom stereocenters. The van der Waals surface area contributed by atoms with E-state index in [1.54, 1.807) is 7.11 Å². The number of fused-ring (bicyclic) bond motifs is 1. The average molecular weight is 246 g/mol. The summed E-state index contributed by atoms with van der Waals surface area (Å²) in [6.45, 7) is 8.73. The quantitative estimate of drug-likeness (QED) is 0.820. The van der Waals surface area contributed by atoms with E-state index in [0.717, 1.165) is 11.2 Å². The number of ether oxygens (including phenoxy) is 1. The smallest absolute Gasteiger partial charge is 0.0883 e. The van der Waals surface area contributed by atoms with Crippen LogP contribution >= 0.6 is 0 Å². The Bertz CT molecular complexity index is 528. The van der Waals surface area contributed by atoms with Gasteiger partial charge in [0.25, 0.3) is 0 Å². The summed E-state index contributed by atoms with van der Waals surface area (Å²) in [5.74, 6) is 0.831. The van der Waals surface area contributed by atoms with Crippen LogP contribution in [0.2, 0.25) is 0 Å². The molecule has 2 heterocycles. The van der Waals surface area contributed by atoms with Crippen LogP contribution in [0.15, 0.2) is 24.4 Å². The van der Waals surface area contributed by atoms with Crippen LogP contribution in [0.5, 0.6) is 0 Å². The van der Waals surface area contributed by atoms with E-state index in [1.807, 2.05) is 16.8 Å². The fourth-order valence-electron chi connectivity index (χ4n) is 2.48. The lowest BCUT2D eigenvalue weighted by Gasteiger charge is -2.20.